The summed E-state index contributed by atoms with van der Waals surface area (Å²) in [6.07, 6.45) is 2.15. The summed E-state index contributed by atoms with van der Waals surface area (Å²) >= 11 is 0. The molecule has 106 valence electrons. The molecule has 21 heavy (non-hydrogen) atoms. The van der Waals surface area contributed by atoms with E-state index < -0.39 is 0 Å². The number of nitriles is 1. The summed E-state index contributed by atoms with van der Waals surface area (Å²) in [6, 6.07) is 8.09. The average molecular weight is 280 g/mol. The molecule has 5 nitrogen and oxygen atoms in total. The Bertz CT molecular complexity index is 734. The number of hydrogen-bond donors (Lipinski definition) is 1. The third kappa shape index (κ3) is 2.40. The van der Waals surface area contributed by atoms with Gasteiger partial charge in [0.15, 0.2) is 5.75 Å². The smallest absolute Gasteiger partial charge is 0.257 e. The highest BCUT2D eigenvalue weighted by Crippen LogP contribution is 2.35. The summed E-state index contributed by atoms with van der Waals surface area (Å²) < 4.78 is 5.88. The van der Waals surface area contributed by atoms with Crippen molar-refractivity contribution in [1.82, 2.24) is 10.2 Å². The maximum atomic E-state index is 9.33. The van der Waals surface area contributed by atoms with Crippen LogP contribution in [-0.2, 0) is 6.42 Å². The predicted octanol–water partition coefficient (Wildman–Crippen LogP) is 3.12. The molecule has 2 aromatic rings. The fourth-order valence-corrected chi connectivity index (χ4v) is 2.46. The van der Waals surface area contributed by atoms with E-state index in [9.17, 15) is 5.26 Å². The Hall–Kier alpha value is -2.61. The zero-order valence-corrected chi connectivity index (χ0v) is 12.1. The molecule has 1 N–H and O–H groups in total. The molecule has 1 aliphatic rings. The number of hydrogen-bond acceptors (Lipinski definition) is 5. The van der Waals surface area contributed by atoms with E-state index in [0.29, 0.717) is 11.3 Å². The molecule has 1 aliphatic heterocycles. The van der Waals surface area contributed by atoms with Crippen molar-refractivity contribution in [1.29, 1.82) is 5.26 Å². The number of nitrogens with zero attached hydrogens (tertiary/aromatic N) is 3. The minimum atomic E-state index is 0.265. The standard InChI is InChI=1S/C16H16N4O/c1-10-11(2)19-20-16(13(10)9-17)21-14-7-3-5-12-6-4-8-18-15(12)14/h3,5,7,18H,4,6,8H2,1-2H3. The number of rotatable bonds is 2. The summed E-state index contributed by atoms with van der Waals surface area (Å²) in [5.74, 6) is 0.961. The Morgan fingerprint density at radius 1 is 1.29 bits per heavy atom. The van der Waals surface area contributed by atoms with Crippen LogP contribution in [0.2, 0.25) is 0 Å². The Balaban J connectivity index is 2.02. The van der Waals surface area contributed by atoms with Crippen molar-refractivity contribution in [2.24, 2.45) is 0 Å². The minimum absolute atomic E-state index is 0.265. The van der Waals surface area contributed by atoms with Crippen LogP contribution in [0.25, 0.3) is 0 Å². The average Bonchev–Trinajstić information content (AvgIpc) is 2.52. The number of nitrogens with one attached hydrogen (secondary N) is 1. The molecule has 0 amide bonds. The number of aromatic nitrogens is 2. The van der Waals surface area contributed by atoms with Gasteiger partial charge in [-0.05, 0) is 43.9 Å². The van der Waals surface area contributed by atoms with E-state index >= 15 is 0 Å². The first kappa shape index (κ1) is 13.4. The molecule has 0 unspecified atom stereocenters. The molecule has 0 fully saturated rings. The van der Waals surface area contributed by atoms with Gasteiger partial charge in [0.05, 0.1) is 11.4 Å². The third-order valence-corrected chi connectivity index (χ3v) is 3.78. The molecule has 2 heterocycles. The van der Waals surface area contributed by atoms with Gasteiger partial charge < -0.3 is 10.1 Å². The quantitative estimate of drug-likeness (QED) is 0.915. The molecule has 0 saturated heterocycles. The second kappa shape index (κ2) is 5.41. The molecule has 0 spiro atoms. The van der Waals surface area contributed by atoms with Crippen LogP contribution >= 0.6 is 0 Å². The molecule has 0 bridgehead atoms. The van der Waals surface area contributed by atoms with Crippen LogP contribution in [0.3, 0.4) is 0 Å². The topological polar surface area (TPSA) is 70.8 Å². The number of fused-ring (bicyclic) bond motifs is 1. The Morgan fingerprint density at radius 2 is 2.14 bits per heavy atom. The number of aryl methyl sites for hydroxylation is 2. The number of ether oxygens (including phenoxy) is 1. The van der Waals surface area contributed by atoms with Gasteiger partial charge in [0, 0.05) is 6.54 Å². The van der Waals surface area contributed by atoms with Crippen LogP contribution in [-0.4, -0.2) is 16.7 Å². The fourth-order valence-electron chi connectivity index (χ4n) is 2.46. The fraction of sp³-hybridized carbons (Fsp3) is 0.312. The van der Waals surface area contributed by atoms with E-state index in [2.05, 4.69) is 27.6 Å². The summed E-state index contributed by atoms with van der Waals surface area (Å²) in [6.45, 7) is 4.62. The van der Waals surface area contributed by atoms with E-state index in [1.165, 1.54) is 5.56 Å². The molecular formula is C16H16N4O. The summed E-state index contributed by atoms with van der Waals surface area (Å²) in [5.41, 5.74) is 4.21. The summed E-state index contributed by atoms with van der Waals surface area (Å²) in [4.78, 5) is 0. The molecule has 1 aromatic carbocycles. The largest absolute Gasteiger partial charge is 0.434 e. The zero-order valence-electron chi connectivity index (χ0n) is 12.1. The second-order valence-electron chi connectivity index (χ2n) is 5.13. The molecule has 1 aromatic heterocycles. The van der Waals surface area contributed by atoms with Crippen molar-refractivity contribution in [2.75, 3.05) is 11.9 Å². The van der Waals surface area contributed by atoms with Gasteiger partial charge in [0.25, 0.3) is 5.88 Å². The normalized spacial score (nSPS) is 13.0. The molecule has 3 rings (SSSR count). The van der Waals surface area contributed by atoms with Crippen molar-refractivity contribution in [2.45, 2.75) is 26.7 Å². The van der Waals surface area contributed by atoms with Crippen molar-refractivity contribution >= 4 is 5.69 Å². The SMILES string of the molecule is Cc1nnc(Oc2cccc3c2NCCC3)c(C#N)c1C. The van der Waals surface area contributed by atoms with Crippen molar-refractivity contribution in [3.05, 3.63) is 40.6 Å². The lowest BCUT2D eigenvalue weighted by Crippen LogP contribution is -2.12. The van der Waals surface area contributed by atoms with Crippen LogP contribution in [0.5, 0.6) is 11.6 Å². The molecular weight excluding hydrogens is 264 g/mol. The molecule has 0 aliphatic carbocycles. The zero-order chi connectivity index (χ0) is 14.8. The van der Waals surface area contributed by atoms with E-state index in [0.717, 1.165) is 36.3 Å². The highest BCUT2D eigenvalue weighted by Gasteiger charge is 2.17. The van der Waals surface area contributed by atoms with Gasteiger partial charge in [0.1, 0.15) is 11.6 Å². The monoisotopic (exact) mass is 280 g/mol. The van der Waals surface area contributed by atoms with Gasteiger partial charge in [-0.25, -0.2) is 0 Å². The van der Waals surface area contributed by atoms with Gasteiger partial charge in [-0.2, -0.15) is 10.4 Å². The second-order valence-corrected chi connectivity index (χ2v) is 5.13. The lowest BCUT2D eigenvalue weighted by atomic mass is 10.0. The lowest BCUT2D eigenvalue weighted by molar-refractivity contribution is 0.452. The minimum Gasteiger partial charge on any atom is -0.434 e. The molecule has 5 heteroatoms. The Labute approximate surface area is 123 Å². The number of anilines is 1. The van der Waals surface area contributed by atoms with Gasteiger partial charge in [-0.3, -0.25) is 0 Å². The van der Waals surface area contributed by atoms with E-state index in [4.69, 9.17) is 4.74 Å². The molecule has 0 radical (unpaired) electrons. The summed E-state index contributed by atoms with van der Waals surface area (Å²) in [5, 5.41) is 20.8. The van der Waals surface area contributed by atoms with Gasteiger partial charge in [-0.1, -0.05) is 12.1 Å². The first-order valence-corrected chi connectivity index (χ1v) is 6.98. The van der Waals surface area contributed by atoms with Crippen molar-refractivity contribution in [3.8, 4) is 17.7 Å². The molecule has 0 saturated carbocycles. The predicted molar refractivity (Wildman–Crippen MR) is 79.5 cm³/mol. The van der Waals surface area contributed by atoms with Crippen LogP contribution in [0, 0.1) is 25.2 Å². The first-order valence-electron chi connectivity index (χ1n) is 6.98. The summed E-state index contributed by atoms with van der Waals surface area (Å²) in [7, 11) is 0. The van der Waals surface area contributed by atoms with Gasteiger partial charge in [-0.15, -0.1) is 5.10 Å². The molecule has 0 atom stereocenters. The van der Waals surface area contributed by atoms with Crippen molar-refractivity contribution < 1.29 is 4.74 Å². The van der Waals surface area contributed by atoms with E-state index in [1.807, 2.05) is 26.0 Å². The van der Waals surface area contributed by atoms with Crippen LogP contribution < -0.4 is 10.1 Å². The maximum Gasteiger partial charge on any atom is 0.257 e. The third-order valence-electron chi connectivity index (χ3n) is 3.78. The van der Waals surface area contributed by atoms with Crippen LogP contribution in [0.1, 0.15) is 28.8 Å². The van der Waals surface area contributed by atoms with E-state index in [-0.39, 0.29) is 5.88 Å². The Morgan fingerprint density at radius 3 is 2.95 bits per heavy atom. The maximum absolute atomic E-state index is 9.33. The number of benzene rings is 1. The number of para-hydroxylation sites is 1. The van der Waals surface area contributed by atoms with Gasteiger partial charge in [0.2, 0.25) is 0 Å². The highest BCUT2D eigenvalue weighted by atomic mass is 16.5. The first-order chi connectivity index (χ1) is 10.2. The Kier molecular flexibility index (Phi) is 3.44. The van der Waals surface area contributed by atoms with E-state index in [1.54, 1.807) is 0 Å². The van der Waals surface area contributed by atoms with Crippen LogP contribution in [0.15, 0.2) is 18.2 Å². The lowest BCUT2D eigenvalue weighted by Gasteiger charge is -2.21. The van der Waals surface area contributed by atoms with Crippen LogP contribution in [0.4, 0.5) is 5.69 Å². The van der Waals surface area contributed by atoms with Crippen molar-refractivity contribution in [3.63, 3.8) is 0 Å². The highest BCUT2D eigenvalue weighted by molar-refractivity contribution is 5.64. The van der Waals surface area contributed by atoms with Gasteiger partial charge >= 0.3 is 0 Å².